The second-order valence-corrected chi connectivity index (χ2v) is 6.85. The lowest BCUT2D eigenvalue weighted by molar-refractivity contribution is -0.131. The van der Waals surface area contributed by atoms with Gasteiger partial charge in [0.1, 0.15) is 11.6 Å². The van der Waals surface area contributed by atoms with E-state index in [1.165, 1.54) is 6.07 Å². The summed E-state index contributed by atoms with van der Waals surface area (Å²) in [6.07, 6.45) is 1.95. The van der Waals surface area contributed by atoms with Crippen molar-refractivity contribution in [2.24, 2.45) is 0 Å². The number of halogens is 2. The molecule has 1 amide bonds. The van der Waals surface area contributed by atoms with E-state index in [0.717, 1.165) is 17.7 Å². The molecular weight excluding hydrogens is 334 g/mol. The number of hydrogen-bond acceptors (Lipinski definition) is 2. The molecule has 26 heavy (non-hydrogen) atoms. The van der Waals surface area contributed by atoms with Crippen LogP contribution >= 0.6 is 0 Å². The van der Waals surface area contributed by atoms with Crippen LogP contribution in [0.25, 0.3) is 5.57 Å². The van der Waals surface area contributed by atoms with Crippen molar-refractivity contribution in [2.75, 3.05) is 33.7 Å². The number of hydrogen-bond donors (Lipinski definition) is 0. The van der Waals surface area contributed by atoms with E-state index >= 15 is 0 Å². The third kappa shape index (κ3) is 4.17. The summed E-state index contributed by atoms with van der Waals surface area (Å²) in [6, 6.07) is 13.2. The summed E-state index contributed by atoms with van der Waals surface area (Å²) in [5.74, 6) is -1.06. The molecule has 1 atom stereocenters. The molecule has 2 aromatic carbocycles. The lowest BCUT2D eigenvalue weighted by Crippen LogP contribution is -2.42. The fraction of sp³-hybridized carbons (Fsp3) is 0.286. The fourth-order valence-electron chi connectivity index (χ4n) is 3.24. The molecule has 0 saturated heterocycles. The predicted molar refractivity (Wildman–Crippen MR) is 98.7 cm³/mol. The second kappa shape index (κ2) is 7.79. The molecule has 5 heteroatoms. The van der Waals surface area contributed by atoms with Gasteiger partial charge in [0.2, 0.25) is 5.91 Å². The van der Waals surface area contributed by atoms with E-state index in [-0.39, 0.29) is 30.5 Å². The first kappa shape index (κ1) is 18.3. The van der Waals surface area contributed by atoms with Crippen LogP contribution in [0.3, 0.4) is 0 Å². The van der Waals surface area contributed by atoms with Gasteiger partial charge in [-0.15, -0.1) is 0 Å². The monoisotopic (exact) mass is 356 g/mol. The van der Waals surface area contributed by atoms with Crippen LogP contribution in [0, 0.1) is 11.6 Å². The molecule has 1 aliphatic heterocycles. The Morgan fingerprint density at radius 3 is 2.58 bits per heavy atom. The molecule has 3 rings (SSSR count). The first-order valence-corrected chi connectivity index (χ1v) is 8.57. The van der Waals surface area contributed by atoms with Crippen molar-refractivity contribution in [2.45, 2.75) is 5.92 Å². The van der Waals surface area contributed by atoms with Crippen LogP contribution in [0.4, 0.5) is 8.78 Å². The minimum absolute atomic E-state index is 0.0293. The van der Waals surface area contributed by atoms with Gasteiger partial charge < -0.3 is 9.80 Å². The van der Waals surface area contributed by atoms with Crippen LogP contribution in [0.2, 0.25) is 0 Å². The molecule has 0 aliphatic carbocycles. The van der Waals surface area contributed by atoms with Crippen LogP contribution in [0.1, 0.15) is 17.0 Å². The number of carbonyl (C=O) groups is 1. The summed E-state index contributed by atoms with van der Waals surface area (Å²) in [4.78, 5) is 16.1. The molecule has 0 saturated carbocycles. The van der Waals surface area contributed by atoms with E-state index in [1.54, 1.807) is 9.80 Å². The van der Waals surface area contributed by atoms with E-state index in [9.17, 15) is 13.6 Å². The number of amides is 1. The predicted octanol–water partition coefficient (Wildman–Crippen LogP) is 3.54. The van der Waals surface area contributed by atoms with Crippen LogP contribution in [-0.4, -0.2) is 49.4 Å². The lowest BCUT2D eigenvalue weighted by Gasteiger charge is -2.33. The molecule has 3 nitrogen and oxygen atoms in total. The Bertz CT molecular complexity index is 818. The minimum atomic E-state index is -0.490. The summed E-state index contributed by atoms with van der Waals surface area (Å²) >= 11 is 0. The zero-order valence-electron chi connectivity index (χ0n) is 15.0. The van der Waals surface area contributed by atoms with Gasteiger partial charge >= 0.3 is 0 Å². The molecule has 0 N–H and O–H groups in total. The van der Waals surface area contributed by atoms with Gasteiger partial charge in [-0.3, -0.25) is 4.79 Å². The van der Waals surface area contributed by atoms with Crippen molar-refractivity contribution in [3.05, 3.63) is 77.4 Å². The molecular formula is C21H22F2N2O. The van der Waals surface area contributed by atoms with Crippen molar-refractivity contribution in [1.82, 2.24) is 9.80 Å². The zero-order valence-corrected chi connectivity index (χ0v) is 15.0. The third-order valence-electron chi connectivity index (χ3n) is 4.49. The number of carbonyl (C=O) groups excluding carboxylic acids is 1. The number of likely N-dealkylation sites (N-methyl/N-ethyl adjacent to an activating group) is 1. The Morgan fingerprint density at radius 1 is 1.15 bits per heavy atom. The molecule has 1 aliphatic rings. The smallest absolute Gasteiger partial charge is 0.237 e. The highest BCUT2D eigenvalue weighted by molar-refractivity contribution is 5.82. The van der Waals surface area contributed by atoms with Crippen LogP contribution in [-0.2, 0) is 4.79 Å². The van der Waals surface area contributed by atoms with Gasteiger partial charge in [-0.1, -0.05) is 36.4 Å². The van der Waals surface area contributed by atoms with Gasteiger partial charge in [0, 0.05) is 24.6 Å². The summed E-state index contributed by atoms with van der Waals surface area (Å²) < 4.78 is 28.0. The maximum Gasteiger partial charge on any atom is 0.237 e. The summed E-state index contributed by atoms with van der Waals surface area (Å²) in [7, 11) is 3.67. The molecule has 136 valence electrons. The van der Waals surface area contributed by atoms with Crippen molar-refractivity contribution in [1.29, 1.82) is 0 Å². The average Bonchev–Trinajstić information content (AvgIpc) is 2.63. The van der Waals surface area contributed by atoms with Crippen LogP contribution in [0.5, 0.6) is 0 Å². The summed E-state index contributed by atoms with van der Waals surface area (Å²) in [5.41, 5.74) is 1.90. The van der Waals surface area contributed by atoms with Crippen molar-refractivity contribution < 1.29 is 13.6 Å². The quantitative estimate of drug-likeness (QED) is 0.837. The molecule has 0 radical (unpaired) electrons. The maximum absolute atomic E-state index is 14.3. The largest absolute Gasteiger partial charge is 0.336 e. The van der Waals surface area contributed by atoms with Crippen molar-refractivity contribution >= 4 is 11.5 Å². The lowest BCUT2D eigenvalue weighted by atomic mass is 9.89. The number of nitrogens with zero attached hydrogens (tertiary/aromatic N) is 2. The van der Waals surface area contributed by atoms with Crippen molar-refractivity contribution in [3.8, 4) is 0 Å². The highest BCUT2D eigenvalue weighted by atomic mass is 19.1. The number of benzene rings is 2. The Morgan fingerprint density at radius 2 is 1.88 bits per heavy atom. The molecule has 1 heterocycles. The second-order valence-electron chi connectivity index (χ2n) is 6.85. The van der Waals surface area contributed by atoms with Gasteiger partial charge in [-0.05, 0) is 43.4 Å². The fourth-order valence-corrected chi connectivity index (χ4v) is 3.24. The van der Waals surface area contributed by atoms with E-state index in [0.29, 0.717) is 12.1 Å². The van der Waals surface area contributed by atoms with Crippen molar-refractivity contribution in [3.63, 3.8) is 0 Å². The number of rotatable bonds is 4. The Hall–Kier alpha value is -2.53. The van der Waals surface area contributed by atoms with Gasteiger partial charge in [0.05, 0.1) is 6.54 Å². The standard InChI is InChI=1S/C21H22F2N2O/c1-24(2)14-21(26)25-12-16(15-6-4-3-5-7-15)10-17(13-25)19-11-18(22)8-9-20(19)23/h3-11,16H,12-14H2,1-2H3. The van der Waals surface area contributed by atoms with E-state index in [2.05, 4.69) is 0 Å². The zero-order chi connectivity index (χ0) is 18.7. The molecule has 0 aromatic heterocycles. The molecule has 1 unspecified atom stereocenters. The topological polar surface area (TPSA) is 23.6 Å². The van der Waals surface area contributed by atoms with Crippen LogP contribution in [0.15, 0.2) is 54.6 Å². The van der Waals surface area contributed by atoms with Gasteiger partial charge in [-0.2, -0.15) is 0 Å². The molecule has 0 spiro atoms. The van der Waals surface area contributed by atoms with Crippen LogP contribution < -0.4 is 0 Å². The Labute approximate surface area is 152 Å². The van der Waals surface area contributed by atoms with E-state index in [4.69, 9.17) is 0 Å². The highest BCUT2D eigenvalue weighted by Gasteiger charge is 2.27. The Balaban J connectivity index is 1.99. The first-order valence-electron chi connectivity index (χ1n) is 8.57. The summed E-state index contributed by atoms with van der Waals surface area (Å²) in [5, 5.41) is 0. The normalized spacial score (nSPS) is 17.3. The maximum atomic E-state index is 14.3. The molecule has 0 fully saturated rings. The van der Waals surface area contributed by atoms with E-state index in [1.807, 2.05) is 50.5 Å². The van der Waals surface area contributed by atoms with Gasteiger partial charge in [0.15, 0.2) is 0 Å². The van der Waals surface area contributed by atoms with Gasteiger partial charge in [-0.25, -0.2) is 8.78 Å². The molecule has 0 bridgehead atoms. The molecule has 2 aromatic rings. The minimum Gasteiger partial charge on any atom is -0.336 e. The summed E-state index contributed by atoms with van der Waals surface area (Å²) in [6.45, 7) is 1.08. The highest BCUT2D eigenvalue weighted by Crippen LogP contribution is 2.31. The first-order chi connectivity index (χ1) is 12.4. The Kier molecular flexibility index (Phi) is 5.47. The third-order valence-corrected chi connectivity index (χ3v) is 4.49. The van der Waals surface area contributed by atoms with E-state index < -0.39 is 11.6 Å². The SMILES string of the molecule is CN(C)CC(=O)N1CC(c2cc(F)ccc2F)=CC(c2ccccc2)C1. The average molecular weight is 356 g/mol. The van der Waals surface area contributed by atoms with Gasteiger partial charge in [0.25, 0.3) is 0 Å².